The number of imide groups is 1. The van der Waals surface area contributed by atoms with Crippen molar-refractivity contribution in [2.24, 2.45) is 17.8 Å². The molecule has 0 radical (unpaired) electrons. The molecule has 3 aliphatic rings. The second-order valence-corrected chi connectivity index (χ2v) is 8.37. The van der Waals surface area contributed by atoms with Crippen molar-refractivity contribution in [1.82, 2.24) is 10.4 Å². The van der Waals surface area contributed by atoms with Crippen molar-refractivity contribution >= 4 is 23.9 Å². The zero-order valence-corrected chi connectivity index (χ0v) is 15.4. The highest BCUT2D eigenvalue weighted by atomic mass is 16.7. The molecule has 3 fully saturated rings. The zero-order valence-electron chi connectivity index (χ0n) is 15.4. The summed E-state index contributed by atoms with van der Waals surface area (Å²) >= 11 is 0. The standard InChI is InChI=1S/C18H26N2O6/c1-18(2,3)25-17(24)19-15(14(10-4-5-10)11-6-7-11)16(23)26-20-12(21)8-9-13(20)22/h10-11,14-15H,4-9H2,1-3H3,(H,19,24)/t15-/m0/s1. The molecule has 0 spiro atoms. The zero-order chi connectivity index (χ0) is 19.1. The van der Waals surface area contributed by atoms with Crippen LogP contribution < -0.4 is 5.32 Å². The molecule has 2 saturated carbocycles. The van der Waals surface area contributed by atoms with Crippen LogP contribution >= 0.6 is 0 Å². The molecule has 8 heteroatoms. The molecule has 0 bridgehead atoms. The molecule has 1 atom stereocenters. The smallest absolute Gasteiger partial charge is 0.408 e. The number of rotatable bonds is 6. The number of ether oxygens (including phenoxy) is 1. The normalized spacial score (nSPS) is 21.8. The summed E-state index contributed by atoms with van der Waals surface area (Å²) in [5.74, 6) is -1.20. The van der Waals surface area contributed by atoms with Crippen LogP contribution in [0.3, 0.4) is 0 Å². The fraction of sp³-hybridized carbons (Fsp3) is 0.778. The fourth-order valence-corrected chi connectivity index (χ4v) is 3.44. The topological polar surface area (TPSA) is 102 Å². The third-order valence-corrected chi connectivity index (χ3v) is 4.83. The van der Waals surface area contributed by atoms with E-state index in [9.17, 15) is 19.2 Å². The summed E-state index contributed by atoms with van der Waals surface area (Å²) < 4.78 is 5.28. The van der Waals surface area contributed by atoms with Gasteiger partial charge >= 0.3 is 12.1 Å². The monoisotopic (exact) mass is 366 g/mol. The van der Waals surface area contributed by atoms with Gasteiger partial charge in [0.2, 0.25) is 0 Å². The van der Waals surface area contributed by atoms with Gasteiger partial charge in [-0.15, -0.1) is 5.06 Å². The Morgan fingerprint density at radius 2 is 1.54 bits per heavy atom. The van der Waals surface area contributed by atoms with E-state index in [2.05, 4.69) is 5.32 Å². The third kappa shape index (κ3) is 4.53. The molecule has 0 unspecified atom stereocenters. The Hall–Kier alpha value is -2.12. The van der Waals surface area contributed by atoms with Crippen LogP contribution in [0.15, 0.2) is 0 Å². The van der Waals surface area contributed by atoms with Gasteiger partial charge in [-0.3, -0.25) is 9.59 Å². The minimum atomic E-state index is -0.925. The molecule has 1 saturated heterocycles. The Morgan fingerprint density at radius 1 is 1.04 bits per heavy atom. The molecule has 3 rings (SSSR count). The number of hydrogen-bond donors (Lipinski definition) is 1. The average molecular weight is 366 g/mol. The molecule has 1 heterocycles. The van der Waals surface area contributed by atoms with Crippen LogP contribution in [0.2, 0.25) is 0 Å². The van der Waals surface area contributed by atoms with Gasteiger partial charge in [0.05, 0.1) is 0 Å². The number of nitrogens with one attached hydrogen (secondary N) is 1. The number of alkyl carbamates (subject to hydrolysis) is 1. The van der Waals surface area contributed by atoms with Crippen molar-refractivity contribution < 1.29 is 28.8 Å². The van der Waals surface area contributed by atoms with Crippen molar-refractivity contribution in [3.63, 3.8) is 0 Å². The van der Waals surface area contributed by atoms with Gasteiger partial charge in [0.15, 0.2) is 0 Å². The molecular weight excluding hydrogens is 340 g/mol. The quantitative estimate of drug-likeness (QED) is 0.721. The van der Waals surface area contributed by atoms with Crippen LogP contribution in [0.1, 0.15) is 59.3 Å². The average Bonchev–Trinajstić information content (AvgIpc) is 3.41. The molecule has 8 nitrogen and oxygen atoms in total. The highest BCUT2D eigenvalue weighted by molar-refractivity contribution is 6.01. The van der Waals surface area contributed by atoms with Crippen molar-refractivity contribution in [2.45, 2.75) is 70.9 Å². The lowest BCUT2D eigenvalue weighted by atomic mass is 9.89. The Bertz CT molecular complexity index is 590. The van der Waals surface area contributed by atoms with E-state index in [0.717, 1.165) is 25.7 Å². The van der Waals surface area contributed by atoms with E-state index >= 15 is 0 Å². The number of hydroxylamine groups is 2. The maximum Gasteiger partial charge on any atom is 0.408 e. The SMILES string of the molecule is CC(C)(C)OC(=O)N[C@H](C(=O)ON1C(=O)CCC1=O)C(C1CC1)C1CC1. The third-order valence-electron chi connectivity index (χ3n) is 4.83. The lowest BCUT2D eigenvalue weighted by Gasteiger charge is -2.29. The van der Waals surface area contributed by atoms with Crippen molar-refractivity contribution in [2.75, 3.05) is 0 Å². The van der Waals surface area contributed by atoms with Crippen molar-refractivity contribution in [3.8, 4) is 0 Å². The first-order valence-corrected chi connectivity index (χ1v) is 9.23. The largest absolute Gasteiger partial charge is 0.444 e. The first-order chi connectivity index (χ1) is 12.2. The van der Waals surface area contributed by atoms with E-state index in [-0.39, 0.29) is 18.8 Å². The molecule has 1 N–H and O–H groups in total. The molecule has 26 heavy (non-hydrogen) atoms. The second kappa shape index (κ2) is 6.89. The van der Waals surface area contributed by atoms with Crippen molar-refractivity contribution in [3.05, 3.63) is 0 Å². The number of amides is 3. The molecular formula is C18H26N2O6. The van der Waals surface area contributed by atoms with Crippen LogP contribution in [-0.2, 0) is 24.0 Å². The summed E-state index contributed by atoms with van der Waals surface area (Å²) in [7, 11) is 0. The summed E-state index contributed by atoms with van der Waals surface area (Å²) in [4.78, 5) is 53.6. The van der Waals surface area contributed by atoms with Gasteiger partial charge in [0.25, 0.3) is 11.8 Å². The Labute approximate surface area is 152 Å². The number of carbonyl (C=O) groups excluding carboxylic acids is 4. The van der Waals surface area contributed by atoms with Crippen LogP contribution in [0.4, 0.5) is 4.79 Å². The maximum absolute atomic E-state index is 12.8. The highest BCUT2D eigenvalue weighted by Gasteiger charge is 2.50. The predicted octanol–water partition coefficient (Wildman–Crippen LogP) is 1.92. The molecule has 144 valence electrons. The van der Waals surface area contributed by atoms with Gasteiger partial charge in [-0.2, -0.15) is 0 Å². The van der Waals surface area contributed by atoms with Crippen molar-refractivity contribution in [1.29, 1.82) is 0 Å². The lowest BCUT2D eigenvalue weighted by molar-refractivity contribution is -0.200. The van der Waals surface area contributed by atoms with E-state index in [1.165, 1.54) is 0 Å². The van der Waals surface area contributed by atoms with E-state index < -0.39 is 35.5 Å². The van der Waals surface area contributed by atoms with Crippen LogP contribution in [0.5, 0.6) is 0 Å². The fourth-order valence-electron chi connectivity index (χ4n) is 3.44. The number of hydrogen-bond acceptors (Lipinski definition) is 6. The van der Waals surface area contributed by atoms with E-state index in [1.54, 1.807) is 20.8 Å². The Balaban J connectivity index is 1.73. The lowest BCUT2D eigenvalue weighted by Crippen LogP contribution is -2.51. The molecule has 0 aromatic carbocycles. The van der Waals surface area contributed by atoms with Gasteiger partial charge in [-0.25, -0.2) is 9.59 Å². The van der Waals surface area contributed by atoms with Gasteiger partial charge in [0, 0.05) is 12.8 Å². The van der Waals surface area contributed by atoms with Crippen LogP contribution in [0.25, 0.3) is 0 Å². The summed E-state index contributed by atoms with van der Waals surface area (Å²) in [6, 6.07) is -0.925. The Morgan fingerprint density at radius 3 is 1.96 bits per heavy atom. The Kier molecular flexibility index (Phi) is 4.94. The van der Waals surface area contributed by atoms with Gasteiger partial charge in [-0.1, -0.05) is 0 Å². The van der Waals surface area contributed by atoms with Crippen LogP contribution in [-0.4, -0.2) is 40.6 Å². The number of carbonyl (C=O) groups is 4. The van der Waals surface area contributed by atoms with Crippen LogP contribution in [0, 0.1) is 17.8 Å². The molecule has 0 aromatic rings. The van der Waals surface area contributed by atoms with E-state index in [0.29, 0.717) is 16.9 Å². The van der Waals surface area contributed by atoms with Gasteiger partial charge in [-0.05, 0) is 64.2 Å². The van der Waals surface area contributed by atoms with E-state index in [4.69, 9.17) is 9.57 Å². The molecule has 1 aliphatic heterocycles. The summed E-state index contributed by atoms with van der Waals surface area (Å²) in [6.45, 7) is 5.21. The summed E-state index contributed by atoms with van der Waals surface area (Å²) in [6.07, 6.45) is 3.37. The predicted molar refractivity (Wildman–Crippen MR) is 89.3 cm³/mol. The highest BCUT2D eigenvalue weighted by Crippen LogP contribution is 2.51. The van der Waals surface area contributed by atoms with Gasteiger partial charge < -0.3 is 14.9 Å². The number of nitrogens with zero attached hydrogens (tertiary/aromatic N) is 1. The summed E-state index contributed by atoms with van der Waals surface area (Å²) in [5.41, 5.74) is -0.700. The minimum Gasteiger partial charge on any atom is -0.444 e. The first-order valence-electron chi connectivity index (χ1n) is 9.23. The maximum atomic E-state index is 12.8. The van der Waals surface area contributed by atoms with Gasteiger partial charge in [0.1, 0.15) is 11.6 Å². The first kappa shape index (κ1) is 18.7. The summed E-state index contributed by atoms with van der Waals surface area (Å²) in [5, 5.41) is 3.17. The molecule has 3 amide bonds. The van der Waals surface area contributed by atoms with E-state index in [1.807, 2.05) is 0 Å². The molecule has 0 aromatic heterocycles. The molecule has 2 aliphatic carbocycles. The second-order valence-electron chi connectivity index (χ2n) is 8.37. The minimum absolute atomic E-state index is 0.0327.